The van der Waals surface area contributed by atoms with Crippen molar-refractivity contribution in [2.24, 2.45) is 0 Å². The third-order valence-electron chi connectivity index (χ3n) is 4.19. The number of piperidine rings is 1. The van der Waals surface area contributed by atoms with E-state index in [1.54, 1.807) is 32.2 Å². The minimum atomic E-state index is -3.47. The molecule has 0 bridgehead atoms. The van der Waals surface area contributed by atoms with E-state index >= 15 is 0 Å². The summed E-state index contributed by atoms with van der Waals surface area (Å²) < 4.78 is 27.0. The van der Waals surface area contributed by atoms with Crippen molar-refractivity contribution in [3.8, 4) is 0 Å². The van der Waals surface area contributed by atoms with E-state index in [2.05, 4.69) is 11.9 Å². The van der Waals surface area contributed by atoms with Crippen molar-refractivity contribution in [2.45, 2.75) is 30.7 Å². The maximum Gasteiger partial charge on any atom is 0.243 e. The standard InChI is InChI=1S/C14H23N3O2S/c1-11-13(15)5-4-6-14(11)20(18,19)17(3)12-7-9-16(2)10-8-12/h4-6,12H,7-10,15H2,1-3H3. The Labute approximate surface area is 121 Å². The summed E-state index contributed by atoms with van der Waals surface area (Å²) in [7, 11) is 0.262. The first-order valence-corrected chi connectivity index (χ1v) is 8.29. The molecule has 0 saturated carbocycles. The van der Waals surface area contributed by atoms with Crippen LogP contribution in [0.5, 0.6) is 0 Å². The van der Waals surface area contributed by atoms with E-state index in [-0.39, 0.29) is 6.04 Å². The van der Waals surface area contributed by atoms with Crippen LogP contribution in [-0.4, -0.2) is 50.8 Å². The third-order valence-corrected chi connectivity index (χ3v) is 6.24. The lowest BCUT2D eigenvalue weighted by atomic mass is 10.1. The molecular weight excluding hydrogens is 274 g/mol. The van der Waals surface area contributed by atoms with Gasteiger partial charge in [0.2, 0.25) is 10.0 Å². The van der Waals surface area contributed by atoms with Gasteiger partial charge in [0.25, 0.3) is 0 Å². The minimum absolute atomic E-state index is 0.0667. The molecule has 112 valence electrons. The number of nitrogen functional groups attached to an aromatic ring is 1. The Kier molecular flexibility index (Phi) is 4.36. The van der Waals surface area contributed by atoms with Crippen LogP contribution in [0.25, 0.3) is 0 Å². The summed E-state index contributed by atoms with van der Waals surface area (Å²) in [4.78, 5) is 2.54. The van der Waals surface area contributed by atoms with Gasteiger partial charge < -0.3 is 10.6 Å². The first kappa shape index (κ1) is 15.3. The first-order chi connectivity index (χ1) is 9.34. The van der Waals surface area contributed by atoms with Gasteiger partial charge in [0.1, 0.15) is 0 Å². The number of likely N-dealkylation sites (tertiary alicyclic amines) is 1. The maximum atomic E-state index is 12.7. The number of benzene rings is 1. The van der Waals surface area contributed by atoms with Crippen LogP contribution in [-0.2, 0) is 10.0 Å². The van der Waals surface area contributed by atoms with Gasteiger partial charge in [-0.25, -0.2) is 8.42 Å². The lowest BCUT2D eigenvalue weighted by Crippen LogP contribution is -2.44. The maximum absolute atomic E-state index is 12.7. The normalized spacial score (nSPS) is 18.6. The van der Waals surface area contributed by atoms with E-state index in [4.69, 9.17) is 5.73 Å². The highest BCUT2D eigenvalue weighted by Crippen LogP contribution is 2.26. The van der Waals surface area contributed by atoms with Crippen molar-refractivity contribution in [2.75, 3.05) is 32.9 Å². The van der Waals surface area contributed by atoms with E-state index in [9.17, 15) is 8.42 Å². The van der Waals surface area contributed by atoms with E-state index in [1.165, 1.54) is 4.31 Å². The molecule has 1 fully saturated rings. The summed E-state index contributed by atoms with van der Waals surface area (Å²) in [5, 5.41) is 0. The van der Waals surface area contributed by atoms with Gasteiger partial charge in [0.05, 0.1) is 4.90 Å². The van der Waals surface area contributed by atoms with Crippen LogP contribution in [0.15, 0.2) is 23.1 Å². The number of nitrogens with zero attached hydrogens (tertiary/aromatic N) is 2. The molecule has 1 aromatic carbocycles. The number of sulfonamides is 1. The number of hydrogen-bond acceptors (Lipinski definition) is 4. The molecule has 6 heteroatoms. The molecule has 2 rings (SSSR count). The van der Waals surface area contributed by atoms with Gasteiger partial charge in [-0.3, -0.25) is 0 Å². The van der Waals surface area contributed by atoms with Crippen LogP contribution >= 0.6 is 0 Å². The molecule has 1 aliphatic heterocycles. The molecule has 1 heterocycles. The van der Waals surface area contributed by atoms with Crippen molar-refractivity contribution in [1.82, 2.24) is 9.21 Å². The minimum Gasteiger partial charge on any atom is -0.398 e. The fourth-order valence-corrected chi connectivity index (χ4v) is 4.29. The van der Waals surface area contributed by atoms with Gasteiger partial charge in [-0.15, -0.1) is 0 Å². The van der Waals surface area contributed by atoms with Crippen molar-refractivity contribution in [3.63, 3.8) is 0 Å². The van der Waals surface area contributed by atoms with Crippen molar-refractivity contribution in [1.29, 1.82) is 0 Å². The third kappa shape index (κ3) is 2.82. The molecule has 5 nitrogen and oxygen atoms in total. The fraction of sp³-hybridized carbons (Fsp3) is 0.571. The van der Waals surface area contributed by atoms with Crippen LogP contribution in [0.2, 0.25) is 0 Å². The fourth-order valence-electron chi connectivity index (χ4n) is 2.62. The number of hydrogen-bond donors (Lipinski definition) is 1. The molecule has 0 radical (unpaired) electrons. The summed E-state index contributed by atoms with van der Waals surface area (Å²) in [5.41, 5.74) is 6.97. The van der Waals surface area contributed by atoms with Gasteiger partial charge in [-0.1, -0.05) is 6.07 Å². The summed E-state index contributed by atoms with van der Waals surface area (Å²) in [5.74, 6) is 0. The summed E-state index contributed by atoms with van der Waals surface area (Å²) in [6, 6.07) is 5.12. The summed E-state index contributed by atoms with van der Waals surface area (Å²) in [6.45, 7) is 3.62. The smallest absolute Gasteiger partial charge is 0.243 e. The molecule has 20 heavy (non-hydrogen) atoms. The van der Waals surface area contributed by atoms with E-state index in [0.29, 0.717) is 16.1 Å². The first-order valence-electron chi connectivity index (χ1n) is 6.85. The van der Waals surface area contributed by atoms with Gasteiger partial charge in [0.15, 0.2) is 0 Å². The molecule has 0 aromatic heterocycles. The number of anilines is 1. The van der Waals surface area contributed by atoms with Crippen LogP contribution in [0.4, 0.5) is 5.69 Å². The van der Waals surface area contributed by atoms with Crippen molar-refractivity contribution >= 4 is 15.7 Å². The quantitative estimate of drug-likeness (QED) is 0.854. The molecule has 0 aliphatic carbocycles. The lowest BCUT2D eigenvalue weighted by Gasteiger charge is -2.34. The summed E-state index contributed by atoms with van der Waals surface area (Å²) in [6.07, 6.45) is 1.74. The molecule has 1 saturated heterocycles. The predicted molar refractivity (Wildman–Crippen MR) is 81.1 cm³/mol. The zero-order valence-corrected chi connectivity index (χ0v) is 13.2. The highest BCUT2D eigenvalue weighted by atomic mass is 32.2. The molecule has 1 aliphatic rings. The zero-order chi connectivity index (χ0) is 14.9. The Morgan fingerprint density at radius 2 is 1.90 bits per heavy atom. The van der Waals surface area contributed by atoms with Gasteiger partial charge in [0, 0.05) is 18.8 Å². The highest BCUT2D eigenvalue weighted by Gasteiger charge is 2.31. The zero-order valence-electron chi connectivity index (χ0n) is 12.3. The predicted octanol–water partition coefficient (Wildman–Crippen LogP) is 1.29. The van der Waals surface area contributed by atoms with Crippen molar-refractivity contribution < 1.29 is 8.42 Å². The van der Waals surface area contributed by atoms with Crippen LogP contribution in [0.1, 0.15) is 18.4 Å². The number of nitrogens with two attached hydrogens (primary N) is 1. The van der Waals surface area contributed by atoms with Crippen molar-refractivity contribution in [3.05, 3.63) is 23.8 Å². The Balaban J connectivity index is 2.28. The highest BCUT2D eigenvalue weighted by molar-refractivity contribution is 7.89. The lowest BCUT2D eigenvalue weighted by molar-refractivity contribution is 0.197. The van der Waals surface area contributed by atoms with Gasteiger partial charge in [-0.2, -0.15) is 4.31 Å². The molecule has 0 unspecified atom stereocenters. The Morgan fingerprint density at radius 3 is 2.50 bits per heavy atom. The van der Waals surface area contributed by atoms with E-state index in [0.717, 1.165) is 25.9 Å². The molecule has 0 amide bonds. The topological polar surface area (TPSA) is 66.6 Å². The monoisotopic (exact) mass is 297 g/mol. The second-order valence-electron chi connectivity index (χ2n) is 5.53. The average Bonchev–Trinajstić information content (AvgIpc) is 2.41. The summed E-state index contributed by atoms with van der Waals surface area (Å²) >= 11 is 0. The van der Waals surface area contributed by atoms with Crippen LogP contribution in [0, 0.1) is 6.92 Å². The van der Waals surface area contributed by atoms with Gasteiger partial charge >= 0.3 is 0 Å². The molecule has 2 N–H and O–H groups in total. The molecule has 0 spiro atoms. The Bertz CT molecular complexity index is 578. The largest absolute Gasteiger partial charge is 0.398 e. The van der Waals surface area contributed by atoms with Crippen LogP contribution in [0.3, 0.4) is 0 Å². The molecular formula is C14H23N3O2S. The second kappa shape index (κ2) is 5.71. The average molecular weight is 297 g/mol. The SMILES string of the molecule is Cc1c(N)cccc1S(=O)(=O)N(C)C1CCN(C)CC1. The Morgan fingerprint density at radius 1 is 1.30 bits per heavy atom. The van der Waals surface area contributed by atoms with E-state index < -0.39 is 10.0 Å². The van der Waals surface area contributed by atoms with Crippen LogP contribution < -0.4 is 5.73 Å². The van der Waals surface area contributed by atoms with Gasteiger partial charge in [-0.05, 0) is 57.6 Å². The molecule has 1 aromatic rings. The second-order valence-corrected chi connectivity index (χ2v) is 7.49. The number of rotatable bonds is 3. The van der Waals surface area contributed by atoms with E-state index in [1.807, 2.05) is 0 Å². The Hall–Kier alpha value is -1.11. The molecule has 0 atom stereocenters.